The number of halogens is 3. The number of aromatic nitrogens is 1. The first-order valence-corrected chi connectivity index (χ1v) is 11.0. The number of ether oxygens (including phenoxy) is 2. The molecular weight excluding hydrogens is 471 g/mol. The maximum absolute atomic E-state index is 12.7. The van der Waals surface area contributed by atoms with Crippen molar-refractivity contribution in [2.24, 2.45) is 0 Å². The van der Waals surface area contributed by atoms with Crippen LogP contribution in [0, 0.1) is 0 Å². The molecule has 0 spiro atoms. The zero-order valence-electron chi connectivity index (χ0n) is 18.5. The van der Waals surface area contributed by atoms with Crippen LogP contribution in [0.1, 0.15) is 35.5 Å². The summed E-state index contributed by atoms with van der Waals surface area (Å²) in [7, 11) is 1.46. The number of carbonyl (C=O) groups is 2. The number of alkyl halides is 3. The predicted molar refractivity (Wildman–Crippen MR) is 121 cm³/mol. The van der Waals surface area contributed by atoms with Gasteiger partial charge in [-0.15, -0.1) is 11.3 Å². The molecular formula is C23H22F3N3O4S. The molecule has 1 aromatic heterocycles. The lowest BCUT2D eigenvalue weighted by Gasteiger charge is -2.14. The first kappa shape index (κ1) is 25.0. The number of nitrogens with one attached hydrogen (secondary N) is 2. The van der Waals surface area contributed by atoms with Crippen molar-refractivity contribution in [2.75, 3.05) is 7.11 Å². The number of nitrogens with zero attached hydrogens (tertiary/aromatic N) is 1. The van der Waals surface area contributed by atoms with Gasteiger partial charge in [0, 0.05) is 16.5 Å². The zero-order valence-corrected chi connectivity index (χ0v) is 19.3. The Morgan fingerprint density at radius 3 is 2.38 bits per heavy atom. The van der Waals surface area contributed by atoms with Gasteiger partial charge in [-0.1, -0.05) is 12.1 Å². The van der Waals surface area contributed by atoms with Crippen LogP contribution in [0.25, 0.3) is 10.6 Å². The second kappa shape index (κ2) is 10.6. The number of rotatable bonds is 7. The molecule has 0 aliphatic rings. The van der Waals surface area contributed by atoms with Crippen molar-refractivity contribution in [3.8, 4) is 22.1 Å². The van der Waals surface area contributed by atoms with Crippen molar-refractivity contribution in [3.05, 3.63) is 64.7 Å². The standard InChI is InChI=1S/C23H22F3N3O4S/c1-13(2)33-18-9-6-15(10-19(18)32-3)21(31)29-28-20(30)11-17-12-34-22(27-17)14-4-7-16(8-5-14)23(24,25)26/h4-10,12-13H,11H2,1-3H3,(H,28,30)(H,29,31). The van der Waals surface area contributed by atoms with Crippen LogP contribution in [0.4, 0.5) is 13.2 Å². The van der Waals surface area contributed by atoms with Crippen molar-refractivity contribution >= 4 is 23.2 Å². The van der Waals surface area contributed by atoms with Crippen LogP contribution in [-0.4, -0.2) is 30.0 Å². The summed E-state index contributed by atoms with van der Waals surface area (Å²) in [6.45, 7) is 3.73. The third-order valence-corrected chi connectivity index (χ3v) is 5.40. The maximum Gasteiger partial charge on any atom is 0.416 e. The van der Waals surface area contributed by atoms with E-state index in [4.69, 9.17) is 9.47 Å². The van der Waals surface area contributed by atoms with Gasteiger partial charge in [0.05, 0.1) is 30.9 Å². The zero-order chi connectivity index (χ0) is 24.9. The third-order valence-electron chi connectivity index (χ3n) is 4.46. The van der Waals surface area contributed by atoms with Crippen molar-refractivity contribution in [3.63, 3.8) is 0 Å². The van der Waals surface area contributed by atoms with E-state index in [0.717, 1.165) is 12.1 Å². The lowest BCUT2D eigenvalue weighted by atomic mass is 10.1. The SMILES string of the molecule is COc1cc(C(=O)NNC(=O)Cc2csc(-c3ccc(C(F)(F)F)cc3)n2)ccc1OC(C)C. The third kappa shape index (κ3) is 6.47. The van der Waals surface area contributed by atoms with E-state index >= 15 is 0 Å². The number of hydrogen-bond acceptors (Lipinski definition) is 6. The topological polar surface area (TPSA) is 89.6 Å². The van der Waals surface area contributed by atoms with Crippen molar-refractivity contribution in [1.82, 2.24) is 15.8 Å². The molecule has 0 saturated carbocycles. The summed E-state index contributed by atoms with van der Waals surface area (Å²) in [5, 5.41) is 2.11. The number of methoxy groups -OCH3 is 1. The Morgan fingerprint density at radius 1 is 1.06 bits per heavy atom. The lowest BCUT2D eigenvalue weighted by molar-refractivity contribution is -0.137. The minimum Gasteiger partial charge on any atom is -0.493 e. The van der Waals surface area contributed by atoms with Gasteiger partial charge in [0.1, 0.15) is 5.01 Å². The van der Waals surface area contributed by atoms with Crippen molar-refractivity contribution in [2.45, 2.75) is 32.5 Å². The molecule has 2 aromatic carbocycles. The number of benzene rings is 2. The summed E-state index contributed by atoms with van der Waals surface area (Å²) in [6.07, 6.45) is -4.61. The van der Waals surface area contributed by atoms with E-state index in [1.165, 1.54) is 36.6 Å². The molecule has 0 atom stereocenters. The summed E-state index contributed by atoms with van der Waals surface area (Å²) in [6, 6.07) is 9.27. The summed E-state index contributed by atoms with van der Waals surface area (Å²) >= 11 is 1.20. The molecule has 2 N–H and O–H groups in total. The number of hydrazine groups is 1. The first-order chi connectivity index (χ1) is 16.1. The Labute approximate surface area is 197 Å². The van der Waals surface area contributed by atoms with Crippen LogP contribution in [0.15, 0.2) is 47.8 Å². The fraction of sp³-hybridized carbons (Fsp3) is 0.261. The van der Waals surface area contributed by atoms with Crippen LogP contribution in [0.3, 0.4) is 0 Å². The van der Waals surface area contributed by atoms with Crippen LogP contribution < -0.4 is 20.3 Å². The van der Waals surface area contributed by atoms with Gasteiger partial charge >= 0.3 is 6.18 Å². The fourth-order valence-electron chi connectivity index (χ4n) is 2.89. The summed E-state index contributed by atoms with van der Waals surface area (Å²) in [5.41, 5.74) is 5.08. The van der Waals surface area contributed by atoms with Crippen molar-refractivity contribution < 1.29 is 32.2 Å². The fourth-order valence-corrected chi connectivity index (χ4v) is 3.72. The molecule has 0 fully saturated rings. The molecule has 3 aromatic rings. The normalized spacial score (nSPS) is 11.3. The van der Waals surface area contributed by atoms with Crippen LogP contribution in [0.5, 0.6) is 11.5 Å². The predicted octanol–water partition coefficient (Wildman–Crippen LogP) is 4.63. The quantitative estimate of drug-likeness (QED) is 0.469. The number of carbonyl (C=O) groups excluding carboxylic acids is 2. The van der Waals surface area contributed by atoms with Crippen LogP contribution in [0.2, 0.25) is 0 Å². The monoisotopic (exact) mass is 493 g/mol. The molecule has 11 heteroatoms. The summed E-state index contributed by atoms with van der Waals surface area (Å²) in [4.78, 5) is 28.9. The lowest BCUT2D eigenvalue weighted by Crippen LogP contribution is -2.42. The van der Waals surface area contributed by atoms with Gasteiger partial charge in [0.2, 0.25) is 5.91 Å². The second-order valence-corrected chi connectivity index (χ2v) is 8.29. The minimum absolute atomic E-state index is 0.0710. The van der Waals surface area contributed by atoms with E-state index in [-0.39, 0.29) is 18.1 Å². The Bertz CT molecular complexity index is 1160. The Kier molecular flexibility index (Phi) is 7.77. The minimum atomic E-state index is -4.41. The van der Waals surface area contributed by atoms with Crippen LogP contribution in [-0.2, 0) is 17.4 Å². The highest BCUT2D eigenvalue weighted by atomic mass is 32.1. The molecule has 1 heterocycles. The van der Waals surface area contributed by atoms with Crippen LogP contribution >= 0.6 is 11.3 Å². The molecule has 0 radical (unpaired) electrons. The van der Waals surface area contributed by atoms with Gasteiger partial charge in [-0.2, -0.15) is 13.2 Å². The molecule has 0 aliphatic heterocycles. The number of thiazole rings is 1. The molecule has 0 saturated heterocycles. The summed E-state index contributed by atoms with van der Waals surface area (Å²) < 4.78 is 49.0. The van der Waals surface area contributed by atoms with Gasteiger partial charge in [-0.3, -0.25) is 20.4 Å². The molecule has 0 aliphatic carbocycles. The highest BCUT2D eigenvalue weighted by Gasteiger charge is 2.30. The summed E-state index contributed by atoms with van der Waals surface area (Å²) in [5.74, 6) is -0.188. The van der Waals surface area contributed by atoms with E-state index in [2.05, 4.69) is 15.8 Å². The second-order valence-electron chi connectivity index (χ2n) is 7.43. The van der Waals surface area contributed by atoms with E-state index in [9.17, 15) is 22.8 Å². The van der Waals surface area contributed by atoms with Gasteiger partial charge in [-0.05, 0) is 44.2 Å². The molecule has 0 bridgehead atoms. The Balaban J connectivity index is 1.56. The van der Waals surface area contributed by atoms with E-state index in [1.807, 2.05) is 13.8 Å². The van der Waals surface area contributed by atoms with E-state index < -0.39 is 23.6 Å². The van der Waals surface area contributed by atoms with Gasteiger partial charge in [0.25, 0.3) is 5.91 Å². The molecule has 3 rings (SSSR count). The molecule has 180 valence electrons. The first-order valence-electron chi connectivity index (χ1n) is 10.1. The van der Waals surface area contributed by atoms with Gasteiger partial charge in [-0.25, -0.2) is 4.98 Å². The Morgan fingerprint density at radius 2 is 1.76 bits per heavy atom. The highest BCUT2D eigenvalue weighted by Crippen LogP contribution is 2.32. The Hall–Kier alpha value is -3.60. The largest absolute Gasteiger partial charge is 0.493 e. The average molecular weight is 494 g/mol. The maximum atomic E-state index is 12.7. The van der Waals surface area contributed by atoms with E-state index in [1.54, 1.807) is 17.5 Å². The van der Waals surface area contributed by atoms with Gasteiger partial charge < -0.3 is 9.47 Å². The molecule has 2 amide bonds. The van der Waals surface area contributed by atoms with Gasteiger partial charge in [0.15, 0.2) is 11.5 Å². The smallest absolute Gasteiger partial charge is 0.416 e. The molecule has 0 unspecified atom stereocenters. The molecule has 7 nitrogen and oxygen atoms in total. The average Bonchev–Trinajstić information content (AvgIpc) is 3.25. The number of amides is 2. The number of hydrogen-bond donors (Lipinski definition) is 2. The van der Waals surface area contributed by atoms with E-state index in [0.29, 0.717) is 27.8 Å². The molecule has 34 heavy (non-hydrogen) atoms. The van der Waals surface area contributed by atoms with Crippen molar-refractivity contribution in [1.29, 1.82) is 0 Å². The highest BCUT2D eigenvalue weighted by molar-refractivity contribution is 7.13.